The molecule has 2 rings (SSSR count). The number of methoxy groups -OCH3 is 2. The molecule has 1 aliphatic rings. The summed E-state index contributed by atoms with van der Waals surface area (Å²) in [7, 11) is 3.37. The van der Waals surface area contributed by atoms with Gasteiger partial charge >= 0.3 is 0 Å². The van der Waals surface area contributed by atoms with Crippen LogP contribution in [-0.2, 0) is 6.42 Å². The first kappa shape index (κ1) is 14.6. The average Bonchev–Trinajstić information content (AvgIpc) is 2.46. The highest BCUT2D eigenvalue weighted by molar-refractivity contribution is 9.10. The van der Waals surface area contributed by atoms with Gasteiger partial charge < -0.3 is 19.7 Å². The molecule has 5 heteroatoms. The van der Waals surface area contributed by atoms with E-state index in [0.717, 1.165) is 55.1 Å². The van der Waals surface area contributed by atoms with Crippen LogP contribution in [0.25, 0.3) is 0 Å². The van der Waals surface area contributed by atoms with E-state index in [2.05, 4.69) is 26.1 Å². The van der Waals surface area contributed by atoms with Crippen LogP contribution in [0, 0.1) is 0 Å². The fraction of sp³-hybridized carbons (Fsp3) is 0.571. The molecule has 1 aliphatic heterocycles. The third-order valence-corrected chi connectivity index (χ3v) is 4.18. The molecular formula is C14H21BrN2O2. The van der Waals surface area contributed by atoms with Gasteiger partial charge in [0, 0.05) is 48.8 Å². The van der Waals surface area contributed by atoms with Crippen LogP contribution >= 0.6 is 15.9 Å². The zero-order valence-corrected chi connectivity index (χ0v) is 13.1. The molecule has 19 heavy (non-hydrogen) atoms. The Hall–Kier alpha value is -0.780. The third kappa shape index (κ3) is 3.84. The number of ether oxygens (including phenoxy) is 2. The lowest BCUT2D eigenvalue weighted by atomic mass is 10.1. The molecule has 0 atom stereocenters. The van der Waals surface area contributed by atoms with Crippen LogP contribution in [0.5, 0.6) is 11.5 Å². The molecule has 0 saturated carbocycles. The maximum atomic E-state index is 5.47. The van der Waals surface area contributed by atoms with Gasteiger partial charge in [-0.15, -0.1) is 0 Å². The molecule has 1 aromatic rings. The van der Waals surface area contributed by atoms with Crippen LogP contribution in [-0.4, -0.2) is 51.8 Å². The number of piperazine rings is 1. The Balaban J connectivity index is 2.05. The van der Waals surface area contributed by atoms with Crippen molar-refractivity contribution < 1.29 is 9.47 Å². The number of hydrogen-bond donors (Lipinski definition) is 1. The fourth-order valence-electron chi connectivity index (χ4n) is 2.33. The molecule has 4 nitrogen and oxygen atoms in total. The Kier molecular flexibility index (Phi) is 5.48. The van der Waals surface area contributed by atoms with Gasteiger partial charge in [0.1, 0.15) is 11.5 Å². The molecule has 0 radical (unpaired) electrons. The van der Waals surface area contributed by atoms with E-state index in [1.165, 1.54) is 5.56 Å². The second-order valence-corrected chi connectivity index (χ2v) is 5.49. The summed E-state index contributed by atoms with van der Waals surface area (Å²) in [5.41, 5.74) is 1.21. The van der Waals surface area contributed by atoms with Crippen LogP contribution < -0.4 is 14.8 Å². The van der Waals surface area contributed by atoms with E-state index in [1.54, 1.807) is 14.2 Å². The van der Waals surface area contributed by atoms with Crippen molar-refractivity contribution >= 4 is 15.9 Å². The first-order valence-corrected chi connectivity index (χ1v) is 7.37. The van der Waals surface area contributed by atoms with Crippen molar-refractivity contribution in [2.45, 2.75) is 6.42 Å². The van der Waals surface area contributed by atoms with Crippen LogP contribution in [0.1, 0.15) is 5.56 Å². The number of halogens is 1. The zero-order chi connectivity index (χ0) is 13.7. The summed E-state index contributed by atoms with van der Waals surface area (Å²) in [5.74, 6) is 1.70. The minimum Gasteiger partial charge on any atom is -0.497 e. The van der Waals surface area contributed by atoms with Gasteiger partial charge in [0.25, 0.3) is 0 Å². The van der Waals surface area contributed by atoms with E-state index < -0.39 is 0 Å². The molecule has 1 saturated heterocycles. The lowest BCUT2D eigenvalue weighted by Gasteiger charge is -2.27. The molecule has 1 N–H and O–H groups in total. The maximum Gasteiger partial charge on any atom is 0.126 e. The van der Waals surface area contributed by atoms with Crippen LogP contribution in [0.15, 0.2) is 16.6 Å². The maximum absolute atomic E-state index is 5.47. The van der Waals surface area contributed by atoms with Gasteiger partial charge in [-0.2, -0.15) is 0 Å². The quantitative estimate of drug-likeness (QED) is 0.895. The highest BCUT2D eigenvalue weighted by atomic mass is 79.9. The molecule has 0 aliphatic carbocycles. The molecule has 0 bridgehead atoms. The molecular weight excluding hydrogens is 308 g/mol. The molecule has 0 unspecified atom stereocenters. The molecule has 0 spiro atoms. The van der Waals surface area contributed by atoms with Crippen LogP contribution in [0.2, 0.25) is 0 Å². The number of benzene rings is 1. The van der Waals surface area contributed by atoms with Crippen molar-refractivity contribution in [3.05, 3.63) is 22.2 Å². The van der Waals surface area contributed by atoms with Gasteiger partial charge in [-0.3, -0.25) is 0 Å². The highest BCUT2D eigenvalue weighted by Gasteiger charge is 2.14. The second kappa shape index (κ2) is 7.12. The van der Waals surface area contributed by atoms with Crippen molar-refractivity contribution in [3.63, 3.8) is 0 Å². The Bertz CT molecular complexity index is 420. The highest BCUT2D eigenvalue weighted by Crippen LogP contribution is 2.32. The van der Waals surface area contributed by atoms with E-state index in [-0.39, 0.29) is 0 Å². The number of nitrogens with zero attached hydrogens (tertiary/aromatic N) is 1. The standard InChI is InChI=1S/C14H21BrN2O2/c1-18-11-9-13(15)12(14(10-11)19-2)3-6-17-7-4-16-5-8-17/h9-10,16H,3-8H2,1-2H3. The minimum atomic E-state index is 0.814. The number of rotatable bonds is 5. The zero-order valence-electron chi connectivity index (χ0n) is 11.5. The van der Waals surface area contributed by atoms with Gasteiger partial charge in [-0.25, -0.2) is 0 Å². The van der Waals surface area contributed by atoms with E-state index >= 15 is 0 Å². The Morgan fingerprint density at radius 3 is 2.58 bits per heavy atom. The predicted molar refractivity (Wildman–Crippen MR) is 80.3 cm³/mol. The van der Waals surface area contributed by atoms with Crippen molar-refractivity contribution in [3.8, 4) is 11.5 Å². The topological polar surface area (TPSA) is 33.7 Å². The van der Waals surface area contributed by atoms with Gasteiger partial charge in [0.05, 0.1) is 14.2 Å². The summed E-state index contributed by atoms with van der Waals surface area (Å²) in [4.78, 5) is 2.48. The molecule has 106 valence electrons. The fourth-order valence-corrected chi connectivity index (χ4v) is 2.95. The molecule has 0 aromatic heterocycles. The average molecular weight is 329 g/mol. The second-order valence-electron chi connectivity index (χ2n) is 4.63. The number of nitrogens with one attached hydrogen (secondary N) is 1. The van der Waals surface area contributed by atoms with E-state index in [4.69, 9.17) is 9.47 Å². The molecule has 0 amide bonds. The first-order chi connectivity index (χ1) is 9.24. The summed E-state index contributed by atoms with van der Waals surface area (Å²) in [6, 6.07) is 3.94. The first-order valence-electron chi connectivity index (χ1n) is 6.58. The Morgan fingerprint density at radius 2 is 1.95 bits per heavy atom. The predicted octanol–water partition coefficient (Wildman–Crippen LogP) is 1.91. The molecule has 1 fully saturated rings. The van der Waals surface area contributed by atoms with Crippen molar-refractivity contribution in [2.75, 3.05) is 46.9 Å². The Morgan fingerprint density at radius 1 is 1.21 bits per heavy atom. The lowest BCUT2D eigenvalue weighted by molar-refractivity contribution is 0.243. The van der Waals surface area contributed by atoms with E-state index in [0.29, 0.717) is 0 Å². The van der Waals surface area contributed by atoms with Gasteiger partial charge in [0.2, 0.25) is 0 Å². The summed E-state index contributed by atoms with van der Waals surface area (Å²) in [6.07, 6.45) is 0.980. The van der Waals surface area contributed by atoms with Crippen molar-refractivity contribution in [1.29, 1.82) is 0 Å². The van der Waals surface area contributed by atoms with Gasteiger partial charge in [-0.1, -0.05) is 15.9 Å². The van der Waals surface area contributed by atoms with Gasteiger partial charge in [-0.05, 0) is 12.5 Å². The van der Waals surface area contributed by atoms with Crippen molar-refractivity contribution in [2.24, 2.45) is 0 Å². The van der Waals surface area contributed by atoms with E-state index in [1.807, 2.05) is 12.1 Å². The Labute approximate surface area is 123 Å². The summed E-state index contributed by atoms with van der Waals surface area (Å²) in [5, 5.41) is 3.37. The SMILES string of the molecule is COc1cc(Br)c(CCN2CCNCC2)c(OC)c1. The largest absolute Gasteiger partial charge is 0.497 e. The third-order valence-electron chi connectivity index (χ3n) is 3.47. The normalized spacial score (nSPS) is 16.4. The number of hydrogen-bond acceptors (Lipinski definition) is 4. The molecule has 1 heterocycles. The van der Waals surface area contributed by atoms with Crippen molar-refractivity contribution in [1.82, 2.24) is 10.2 Å². The minimum absolute atomic E-state index is 0.814. The van der Waals surface area contributed by atoms with Crippen LogP contribution in [0.4, 0.5) is 0 Å². The monoisotopic (exact) mass is 328 g/mol. The summed E-state index contributed by atoms with van der Waals surface area (Å²) >= 11 is 3.61. The molecule has 1 aromatic carbocycles. The smallest absolute Gasteiger partial charge is 0.126 e. The van der Waals surface area contributed by atoms with Crippen LogP contribution in [0.3, 0.4) is 0 Å². The van der Waals surface area contributed by atoms with E-state index in [9.17, 15) is 0 Å². The summed E-state index contributed by atoms with van der Waals surface area (Å²) < 4.78 is 11.8. The lowest BCUT2D eigenvalue weighted by Crippen LogP contribution is -2.44. The van der Waals surface area contributed by atoms with Gasteiger partial charge in [0.15, 0.2) is 0 Å². The summed E-state index contributed by atoms with van der Waals surface area (Å²) in [6.45, 7) is 5.47.